The monoisotopic (exact) mass is 112 g/mol. The zero-order valence-electron chi connectivity index (χ0n) is 5.60. The Morgan fingerprint density at radius 2 is 2.12 bits per heavy atom. The molecule has 0 radical (unpaired) electrons. The van der Waals surface area contributed by atoms with Gasteiger partial charge in [0.2, 0.25) is 0 Å². The fourth-order valence-corrected chi connectivity index (χ4v) is 0.261. The van der Waals surface area contributed by atoms with Crippen LogP contribution in [0.1, 0.15) is 20.8 Å². The van der Waals surface area contributed by atoms with Crippen molar-refractivity contribution < 1.29 is 0 Å². The van der Waals surface area contributed by atoms with Crippen LogP contribution >= 0.6 is 0 Å². The van der Waals surface area contributed by atoms with Crippen LogP contribution in [-0.4, -0.2) is 12.1 Å². The fraction of sp³-hybridized carbons (Fsp3) is 0.667. The summed E-state index contributed by atoms with van der Waals surface area (Å²) in [5, 5.41) is 6.89. The van der Waals surface area contributed by atoms with Crippen molar-refractivity contribution >= 4 is 12.1 Å². The van der Waals surface area contributed by atoms with Gasteiger partial charge < -0.3 is 0 Å². The Hall–Kier alpha value is -0.660. The minimum atomic E-state index is 0.374. The Bertz CT molecular complexity index is 103. The maximum atomic E-state index is 6.89. The Kier molecular flexibility index (Phi) is 3.08. The summed E-state index contributed by atoms with van der Waals surface area (Å²) in [5.74, 6) is 0.828. The molecule has 0 aliphatic heterocycles. The minimum Gasteiger partial charge on any atom is -0.287 e. The molecule has 0 bridgehead atoms. The summed E-state index contributed by atoms with van der Waals surface area (Å²) in [6, 6.07) is 0. The van der Waals surface area contributed by atoms with Crippen LogP contribution in [0, 0.1) is 11.3 Å². The van der Waals surface area contributed by atoms with Crippen LogP contribution in [0.2, 0.25) is 0 Å². The predicted octanol–water partition coefficient (Wildman–Crippen LogP) is 1.71. The van der Waals surface area contributed by atoms with Crippen molar-refractivity contribution in [2.75, 3.05) is 0 Å². The van der Waals surface area contributed by atoms with Gasteiger partial charge in [0.1, 0.15) is 5.84 Å². The number of aliphatic imine (C=N–C) groups is 1. The standard InChI is InChI=1S/C6H12N2/c1-5(2)4-8-6(3)7/h4-5,7H,1-3H3/b7-6?,8-4-. The van der Waals surface area contributed by atoms with E-state index in [1.807, 2.05) is 13.8 Å². The van der Waals surface area contributed by atoms with Gasteiger partial charge in [0.15, 0.2) is 0 Å². The van der Waals surface area contributed by atoms with Crippen molar-refractivity contribution in [3.8, 4) is 0 Å². The first kappa shape index (κ1) is 7.34. The molecule has 0 atom stereocenters. The van der Waals surface area contributed by atoms with E-state index in [-0.39, 0.29) is 0 Å². The molecule has 46 valence electrons. The average molecular weight is 112 g/mol. The molecular weight excluding hydrogens is 100 g/mol. The largest absolute Gasteiger partial charge is 0.287 e. The van der Waals surface area contributed by atoms with E-state index in [4.69, 9.17) is 5.41 Å². The number of rotatable bonds is 1. The van der Waals surface area contributed by atoms with Crippen molar-refractivity contribution in [1.82, 2.24) is 0 Å². The predicted molar refractivity (Wildman–Crippen MR) is 36.7 cm³/mol. The summed E-state index contributed by atoms with van der Waals surface area (Å²) in [6.45, 7) is 5.73. The lowest BCUT2D eigenvalue weighted by Crippen LogP contribution is -1.90. The van der Waals surface area contributed by atoms with Gasteiger partial charge in [-0.25, -0.2) is 4.99 Å². The highest BCUT2D eigenvalue weighted by Crippen LogP contribution is 1.84. The maximum Gasteiger partial charge on any atom is 0.116 e. The van der Waals surface area contributed by atoms with Crippen LogP contribution in [0.4, 0.5) is 0 Å². The molecule has 8 heavy (non-hydrogen) atoms. The normalized spacial score (nSPS) is 11.0. The zero-order valence-corrected chi connectivity index (χ0v) is 5.60. The van der Waals surface area contributed by atoms with Gasteiger partial charge in [-0.15, -0.1) is 0 Å². The highest BCUT2D eigenvalue weighted by Gasteiger charge is 1.82. The molecule has 2 nitrogen and oxygen atoms in total. The second-order valence-electron chi connectivity index (χ2n) is 2.11. The molecule has 0 aromatic rings. The van der Waals surface area contributed by atoms with Crippen LogP contribution in [0.3, 0.4) is 0 Å². The molecular formula is C6H12N2. The zero-order chi connectivity index (χ0) is 6.57. The first-order valence-corrected chi connectivity index (χ1v) is 2.72. The maximum absolute atomic E-state index is 6.89. The van der Waals surface area contributed by atoms with E-state index in [0.29, 0.717) is 11.8 Å². The molecule has 0 saturated carbocycles. The highest BCUT2D eigenvalue weighted by atomic mass is 14.8. The summed E-state index contributed by atoms with van der Waals surface area (Å²) in [5.41, 5.74) is 0. The van der Waals surface area contributed by atoms with E-state index in [9.17, 15) is 0 Å². The van der Waals surface area contributed by atoms with Gasteiger partial charge in [-0.3, -0.25) is 5.41 Å². The Morgan fingerprint density at radius 3 is 2.25 bits per heavy atom. The summed E-state index contributed by atoms with van der Waals surface area (Å²) in [7, 11) is 0. The smallest absolute Gasteiger partial charge is 0.116 e. The first-order chi connectivity index (χ1) is 3.63. The van der Waals surface area contributed by atoms with Gasteiger partial charge in [0.25, 0.3) is 0 Å². The van der Waals surface area contributed by atoms with Crippen molar-refractivity contribution in [2.45, 2.75) is 20.8 Å². The molecule has 0 heterocycles. The molecule has 0 fully saturated rings. The fourth-order valence-electron chi connectivity index (χ4n) is 0.261. The third-order valence-electron chi connectivity index (χ3n) is 0.566. The van der Waals surface area contributed by atoms with Crippen molar-refractivity contribution in [1.29, 1.82) is 5.41 Å². The topological polar surface area (TPSA) is 36.2 Å². The quantitative estimate of drug-likeness (QED) is 0.396. The third kappa shape index (κ3) is 5.34. The molecule has 0 aliphatic rings. The molecule has 0 aromatic heterocycles. The molecule has 1 N–H and O–H groups in total. The van der Waals surface area contributed by atoms with Gasteiger partial charge in [0.05, 0.1) is 0 Å². The lowest BCUT2D eigenvalue weighted by Gasteiger charge is -1.89. The van der Waals surface area contributed by atoms with Crippen LogP contribution in [-0.2, 0) is 0 Å². The van der Waals surface area contributed by atoms with E-state index in [1.165, 1.54) is 0 Å². The molecule has 0 spiro atoms. The van der Waals surface area contributed by atoms with Crippen molar-refractivity contribution in [3.05, 3.63) is 0 Å². The number of hydrogen-bond donors (Lipinski definition) is 1. The second-order valence-corrected chi connectivity index (χ2v) is 2.11. The van der Waals surface area contributed by atoms with Crippen LogP contribution < -0.4 is 0 Å². The van der Waals surface area contributed by atoms with E-state index in [1.54, 1.807) is 13.1 Å². The van der Waals surface area contributed by atoms with Crippen molar-refractivity contribution in [3.63, 3.8) is 0 Å². The van der Waals surface area contributed by atoms with Gasteiger partial charge in [0, 0.05) is 6.21 Å². The number of nitrogens with one attached hydrogen (secondary N) is 1. The highest BCUT2D eigenvalue weighted by molar-refractivity contribution is 5.85. The molecule has 0 saturated heterocycles. The molecule has 2 heteroatoms. The lowest BCUT2D eigenvalue weighted by atomic mass is 10.2. The lowest BCUT2D eigenvalue weighted by molar-refractivity contribution is 0.908. The van der Waals surface area contributed by atoms with E-state index in [0.717, 1.165) is 0 Å². The minimum absolute atomic E-state index is 0.374. The van der Waals surface area contributed by atoms with E-state index < -0.39 is 0 Å². The van der Waals surface area contributed by atoms with Gasteiger partial charge >= 0.3 is 0 Å². The first-order valence-electron chi connectivity index (χ1n) is 2.72. The Morgan fingerprint density at radius 1 is 1.62 bits per heavy atom. The summed E-state index contributed by atoms with van der Waals surface area (Å²) in [4.78, 5) is 3.78. The van der Waals surface area contributed by atoms with Crippen molar-refractivity contribution in [2.24, 2.45) is 10.9 Å². The average Bonchev–Trinajstić information content (AvgIpc) is 1.61. The number of nitrogens with zero attached hydrogens (tertiary/aromatic N) is 1. The number of hydrogen-bond acceptors (Lipinski definition) is 1. The van der Waals surface area contributed by atoms with Gasteiger partial charge in [-0.2, -0.15) is 0 Å². The van der Waals surface area contributed by atoms with Crippen LogP contribution in [0.5, 0.6) is 0 Å². The van der Waals surface area contributed by atoms with Gasteiger partial charge in [-0.05, 0) is 12.8 Å². The molecule has 0 amide bonds. The van der Waals surface area contributed by atoms with Gasteiger partial charge in [-0.1, -0.05) is 13.8 Å². The van der Waals surface area contributed by atoms with E-state index in [2.05, 4.69) is 4.99 Å². The van der Waals surface area contributed by atoms with E-state index >= 15 is 0 Å². The molecule has 0 unspecified atom stereocenters. The SMILES string of the molecule is CC(=N)/N=C\C(C)C. The second kappa shape index (κ2) is 3.36. The Labute approximate surface area is 50.1 Å². The summed E-state index contributed by atoms with van der Waals surface area (Å²) < 4.78 is 0. The van der Waals surface area contributed by atoms with Crippen LogP contribution in [0.15, 0.2) is 4.99 Å². The Balaban J connectivity index is 3.50. The third-order valence-corrected chi connectivity index (χ3v) is 0.566. The molecule has 0 aliphatic carbocycles. The number of amidine groups is 1. The van der Waals surface area contributed by atoms with Crippen LogP contribution in [0.25, 0.3) is 0 Å². The summed E-state index contributed by atoms with van der Waals surface area (Å²) >= 11 is 0. The summed E-state index contributed by atoms with van der Waals surface area (Å²) in [6.07, 6.45) is 1.77. The molecule has 0 rings (SSSR count). The molecule has 0 aromatic carbocycles.